The van der Waals surface area contributed by atoms with Gasteiger partial charge in [-0.25, -0.2) is 5.06 Å². The summed E-state index contributed by atoms with van der Waals surface area (Å²) in [7, 11) is 0. The van der Waals surface area contributed by atoms with E-state index >= 15 is 0 Å². The molecule has 2 aromatic carbocycles. The SMILES string of the molecule is Cc1ccc(N(O)[C@@H](c2ccccc2)C(C)(C)O)cc1. The second-order valence-corrected chi connectivity index (χ2v) is 5.65. The molecule has 0 saturated heterocycles. The first-order valence-electron chi connectivity index (χ1n) is 6.71. The molecule has 0 unspecified atom stereocenters. The molecular weight excluding hydrogens is 250 g/mol. The zero-order chi connectivity index (χ0) is 14.8. The normalized spacial score (nSPS) is 13.1. The molecule has 0 aliphatic rings. The molecule has 0 fully saturated rings. The molecule has 2 rings (SSSR count). The summed E-state index contributed by atoms with van der Waals surface area (Å²) in [5.74, 6) is 0. The highest BCUT2D eigenvalue weighted by Crippen LogP contribution is 2.33. The van der Waals surface area contributed by atoms with Crippen molar-refractivity contribution in [1.29, 1.82) is 0 Å². The first-order valence-corrected chi connectivity index (χ1v) is 6.71. The number of anilines is 1. The highest BCUT2D eigenvalue weighted by molar-refractivity contribution is 5.48. The highest BCUT2D eigenvalue weighted by atomic mass is 16.5. The average Bonchev–Trinajstić information content (AvgIpc) is 2.39. The van der Waals surface area contributed by atoms with Gasteiger partial charge in [0.05, 0.1) is 11.3 Å². The first-order chi connectivity index (χ1) is 9.39. The predicted molar refractivity (Wildman–Crippen MR) is 80.9 cm³/mol. The van der Waals surface area contributed by atoms with Crippen LogP contribution in [0, 0.1) is 6.92 Å². The van der Waals surface area contributed by atoms with E-state index in [0.29, 0.717) is 5.69 Å². The van der Waals surface area contributed by atoms with E-state index in [0.717, 1.165) is 16.2 Å². The molecule has 0 aliphatic carbocycles. The van der Waals surface area contributed by atoms with Crippen LogP contribution in [-0.4, -0.2) is 15.9 Å². The summed E-state index contributed by atoms with van der Waals surface area (Å²) >= 11 is 0. The van der Waals surface area contributed by atoms with Gasteiger partial charge in [-0.2, -0.15) is 0 Å². The van der Waals surface area contributed by atoms with Gasteiger partial charge in [0.15, 0.2) is 0 Å². The van der Waals surface area contributed by atoms with E-state index in [1.807, 2.05) is 61.5 Å². The average molecular weight is 271 g/mol. The van der Waals surface area contributed by atoms with Crippen molar-refractivity contribution in [2.75, 3.05) is 5.06 Å². The van der Waals surface area contributed by atoms with Crippen LogP contribution in [0.15, 0.2) is 54.6 Å². The van der Waals surface area contributed by atoms with Gasteiger partial charge < -0.3 is 5.11 Å². The van der Waals surface area contributed by atoms with Gasteiger partial charge in [0.25, 0.3) is 0 Å². The highest BCUT2D eigenvalue weighted by Gasteiger charge is 2.33. The predicted octanol–water partition coefficient (Wildman–Crippen LogP) is 3.70. The van der Waals surface area contributed by atoms with Crippen LogP contribution >= 0.6 is 0 Å². The molecule has 0 amide bonds. The minimum atomic E-state index is -1.08. The lowest BCUT2D eigenvalue weighted by Gasteiger charge is -2.36. The van der Waals surface area contributed by atoms with Crippen LogP contribution in [0.5, 0.6) is 0 Å². The van der Waals surface area contributed by atoms with Gasteiger partial charge in [0.2, 0.25) is 0 Å². The Balaban J connectivity index is 2.39. The lowest BCUT2D eigenvalue weighted by Crippen LogP contribution is -2.41. The Morgan fingerprint density at radius 1 is 0.950 bits per heavy atom. The standard InChI is InChI=1S/C17H21NO2/c1-13-9-11-15(12-10-13)18(20)16(17(2,3)19)14-7-5-4-6-8-14/h4-12,16,19-20H,1-3H3/t16-/m0/s1. The van der Waals surface area contributed by atoms with E-state index in [2.05, 4.69) is 0 Å². The third kappa shape index (κ3) is 3.18. The molecule has 0 bridgehead atoms. The molecule has 0 radical (unpaired) electrons. The first kappa shape index (κ1) is 14.6. The summed E-state index contributed by atoms with van der Waals surface area (Å²) in [6.45, 7) is 5.39. The third-order valence-electron chi connectivity index (χ3n) is 3.33. The summed E-state index contributed by atoms with van der Waals surface area (Å²) in [4.78, 5) is 0. The van der Waals surface area contributed by atoms with Crippen molar-refractivity contribution in [3.8, 4) is 0 Å². The maximum Gasteiger partial charge on any atom is 0.109 e. The van der Waals surface area contributed by atoms with Crippen LogP contribution in [0.4, 0.5) is 5.69 Å². The van der Waals surface area contributed by atoms with Crippen LogP contribution in [0.3, 0.4) is 0 Å². The Hall–Kier alpha value is -1.84. The second-order valence-electron chi connectivity index (χ2n) is 5.65. The molecule has 0 saturated carbocycles. The zero-order valence-corrected chi connectivity index (χ0v) is 12.1. The number of hydroxylamine groups is 1. The van der Waals surface area contributed by atoms with E-state index in [1.165, 1.54) is 0 Å². The minimum Gasteiger partial charge on any atom is -0.388 e. The largest absolute Gasteiger partial charge is 0.388 e. The second kappa shape index (κ2) is 5.65. The summed E-state index contributed by atoms with van der Waals surface area (Å²) in [6.07, 6.45) is 0. The van der Waals surface area contributed by atoms with Gasteiger partial charge in [-0.3, -0.25) is 5.21 Å². The summed E-state index contributed by atoms with van der Waals surface area (Å²) < 4.78 is 0. The lowest BCUT2D eigenvalue weighted by atomic mass is 9.91. The molecule has 1 atom stereocenters. The number of hydrogen-bond acceptors (Lipinski definition) is 3. The lowest BCUT2D eigenvalue weighted by molar-refractivity contribution is 0.0151. The van der Waals surface area contributed by atoms with Crippen molar-refractivity contribution < 1.29 is 10.3 Å². The van der Waals surface area contributed by atoms with Crippen LogP contribution in [0.1, 0.15) is 31.0 Å². The quantitative estimate of drug-likeness (QED) is 0.833. The number of hydrogen-bond donors (Lipinski definition) is 2. The van der Waals surface area contributed by atoms with Gasteiger partial charge in [-0.15, -0.1) is 0 Å². The fraction of sp³-hybridized carbons (Fsp3) is 0.294. The van der Waals surface area contributed by atoms with E-state index in [4.69, 9.17) is 0 Å². The fourth-order valence-corrected chi connectivity index (χ4v) is 2.33. The summed E-state index contributed by atoms with van der Waals surface area (Å²) in [5.41, 5.74) is 1.57. The molecule has 3 nitrogen and oxygen atoms in total. The van der Waals surface area contributed by atoms with Crippen molar-refractivity contribution >= 4 is 5.69 Å². The molecule has 2 aromatic rings. The summed E-state index contributed by atoms with van der Waals surface area (Å²) in [5, 5.41) is 22.1. The fourth-order valence-electron chi connectivity index (χ4n) is 2.33. The molecule has 0 spiro atoms. The molecule has 0 aromatic heterocycles. The maximum atomic E-state index is 10.5. The van der Waals surface area contributed by atoms with Gasteiger partial charge in [0.1, 0.15) is 6.04 Å². The maximum absolute atomic E-state index is 10.5. The van der Waals surface area contributed by atoms with Gasteiger partial charge in [-0.05, 0) is 38.5 Å². The number of benzene rings is 2. The molecule has 106 valence electrons. The van der Waals surface area contributed by atoms with Crippen molar-refractivity contribution in [3.63, 3.8) is 0 Å². The minimum absolute atomic E-state index is 0.536. The Labute approximate surface area is 120 Å². The van der Waals surface area contributed by atoms with E-state index < -0.39 is 11.6 Å². The number of aliphatic hydroxyl groups is 1. The number of rotatable bonds is 4. The van der Waals surface area contributed by atoms with Gasteiger partial charge in [0, 0.05) is 0 Å². The van der Waals surface area contributed by atoms with Crippen LogP contribution < -0.4 is 5.06 Å². The number of aryl methyl sites for hydroxylation is 1. The molecule has 3 heteroatoms. The van der Waals surface area contributed by atoms with Crippen LogP contribution in [0.25, 0.3) is 0 Å². The topological polar surface area (TPSA) is 43.7 Å². The van der Waals surface area contributed by atoms with Crippen LogP contribution in [-0.2, 0) is 0 Å². The zero-order valence-electron chi connectivity index (χ0n) is 12.1. The van der Waals surface area contributed by atoms with E-state index in [1.54, 1.807) is 13.8 Å². The monoisotopic (exact) mass is 271 g/mol. The molecule has 2 N–H and O–H groups in total. The van der Waals surface area contributed by atoms with Crippen molar-refractivity contribution in [2.24, 2.45) is 0 Å². The van der Waals surface area contributed by atoms with E-state index in [9.17, 15) is 10.3 Å². The third-order valence-corrected chi connectivity index (χ3v) is 3.33. The molecule has 20 heavy (non-hydrogen) atoms. The van der Waals surface area contributed by atoms with Gasteiger partial charge in [-0.1, -0.05) is 48.0 Å². The van der Waals surface area contributed by atoms with Crippen molar-refractivity contribution in [2.45, 2.75) is 32.4 Å². The van der Waals surface area contributed by atoms with E-state index in [-0.39, 0.29) is 0 Å². The van der Waals surface area contributed by atoms with Gasteiger partial charge >= 0.3 is 0 Å². The Morgan fingerprint density at radius 2 is 1.50 bits per heavy atom. The smallest absolute Gasteiger partial charge is 0.109 e. The molecule has 0 heterocycles. The number of nitrogens with zero attached hydrogens (tertiary/aromatic N) is 1. The molecular formula is C17H21NO2. The summed E-state index contributed by atoms with van der Waals surface area (Å²) in [6, 6.07) is 16.5. The Morgan fingerprint density at radius 3 is 2.00 bits per heavy atom. The Bertz CT molecular complexity index is 543. The molecule has 0 aliphatic heterocycles. The van der Waals surface area contributed by atoms with Crippen molar-refractivity contribution in [1.82, 2.24) is 0 Å². The van der Waals surface area contributed by atoms with Crippen molar-refractivity contribution in [3.05, 3.63) is 65.7 Å². The van der Waals surface area contributed by atoms with Crippen LogP contribution in [0.2, 0.25) is 0 Å². The Kier molecular flexibility index (Phi) is 4.12.